The second kappa shape index (κ2) is 7.36. The van der Waals surface area contributed by atoms with Crippen molar-refractivity contribution >= 4 is 43.2 Å². The van der Waals surface area contributed by atoms with Gasteiger partial charge in [0.2, 0.25) is 5.78 Å². The third-order valence-corrected chi connectivity index (χ3v) is 10.5. The number of rotatable bonds is 2. The molecule has 2 aromatic rings. The van der Waals surface area contributed by atoms with Crippen LogP contribution in [0.15, 0.2) is 63.8 Å². The Morgan fingerprint density at radius 1 is 1.22 bits per heavy atom. The van der Waals surface area contributed by atoms with Gasteiger partial charge >= 0.3 is 0 Å². The summed E-state index contributed by atoms with van der Waals surface area (Å²) in [5.41, 5.74) is 3.40. The average Bonchev–Trinajstić information content (AvgIpc) is 3.27. The highest BCUT2D eigenvalue weighted by Gasteiger charge is 2.59. The zero-order chi connectivity index (χ0) is 25.0. The molecule has 1 aromatic carbocycles. The smallest absolute Gasteiger partial charge is 0.268 e. The van der Waals surface area contributed by atoms with Crippen LogP contribution in [0, 0.1) is 12.3 Å². The molecule has 36 heavy (non-hydrogen) atoms. The molecule has 1 fully saturated rings. The maximum Gasteiger partial charge on any atom is 0.268 e. The maximum atomic E-state index is 14.1. The molecule has 0 unspecified atom stereocenters. The van der Waals surface area contributed by atoms with Crippen molar-refractivity contribution in [2.24, 2.45) is 10.4 Å². The average molecular weight is 568 g/mol. The SMILES string of the molecule is Cc1ccc(S(=O)(=O)n2cc3c4c2C(=O)C2=C(C4=NCC3)[C@@]34C=CC(=O)[C@H](Br)[C@@H]3OC[C@H](C4)N2)cc1. The molecule has 4 atom stereocenters. The van der Waals surface area contributed by atoms with Crippen molar-refractivity contribution in [3.8, 4) is 0 Å². The van der Waals surface area contributed by atoms with Crippen LogP contribution in [-0.4, -0.2) is 59.8 Å². The van der Waals surface area contributed by atoms with Crippen LogP contribution in [0.4, 0.5) is 0 Å². The summed E-state index contributed by atoms with van der Waals surface area (Å²) in [4.78, 5) is 31.1. The molecule has 7 rings (SSSR count). The van der Waals surface area contributed by atoms with Crippen LogP contribution >= 0.6 is 15.9 Å². The molecule has 1 aromatic heterocycles. The molecule has 1 spiro atoms. The Morgan fingerprint density at radius 2 is 2.00 bits per heavy atom. The highest BCUT2D eigenvalue weighted by Crippen LogP contribution is 2.54. The first kappa shape index (κ1) is 22.4. The van der Waals surface area contributed by atoms with Crippen LogP contribution in [0.5, 0.6) is 0 Å². The molecule has 10 heteroatoms. The Kier molecular flexibility index (Phi) is 4.58. The largest absolute Gasteiger partial charge is 0.376 e. The van der Waals surface area contributed by atoms with Crippen LogP contribution in [-0.2, 0) is 26.0 Å². The molecule has 1 saturated heterocycles. The fraction of sp³-hybridized carbons (Fsp3) is 0.346. The number of Topliss-reactive ketones (excluding diaryl/α,β-unsaturated/α-hetero) is 1. The lowest BCUT2D eigenvalue weighted by Gasteiger charge is -2.54. The summed E-state index contributed by atoms with van der Waals surface area (Å²) in [6, 6.07) is 6.46. The number of aromatic nitrogens is 1. The minimum Gasteiger partial charge on any atom is -0.376 e. The number of carbonyl (C=O) groups is 2. The first-order valence-electron chi connectivity index (χ1n) is 11.9. The normalized spacial score (nSPS) is 30.3. The molecule has 2 bridgehead atoms. The van der Waals surface area contributed by atoms with E-state index in [0.717, 1.165) is 15.1 Å². The summed E-state index contributed by atoms with van der Waals surface area (Å²) in [6.45, 7) is 2.71. The summed E-state index contributed by atoms with van der Waals surface area (Å²) in [7, 11) is -4.01. The van der Waals surface area contributed by atoms with Crippen LogP contribution in [0.1, 0.15) is 33.6 Å². The number of nitrogens with zero attached hydrogens (tertiary/aromatic N) is 2. The third kappa shape index (κ3) is 2.77. The lowest BCUT2D eigenvalue weighted by molar-refractivity contribution is -0.123. The molecule has 1 N–H and O–H groups in total. The summed E-state index contributed by atoms with van der Waals surface area (Å²) in [5, 5.41) is 3.34. The molecule has 4 heterocycles. The zero-order valence-electron chi connectivity index (χ0n) is 19.3. The van der Waals surface area contributed by atoms with E-state index in [-0.39, 0.29) is 28.2 Å². The van der Waals surface area contributed by atoms with Crippen LogP contribution in [0.2, 0.25) is 0 Å². The summed E-state index contributed by atoms with van der Waals surface area (Å²) >= 11 is 3.53. The molecule has 2 aliphatic carbocycles. The third-order valence-electron chi connectivity index (χ3n) is 7.91. The highest BCUT2D eigenvalue weighted by molar-refractivity contribution is 9.10. The zero-order valence-corrected chi connectivity index (χ0v) is 21.7. The number of aliphatic imine (C=N–C) groups is 1. The van der Waals surface area contributed by atoms with Crippen molar-refractivity contribution in [2.45, 2.75) is 41.6 Å². The van der Waals surface area contributed by atoms with E-state index in [4.69, 9.17) is 9.73 Å². The number of allylic oxidation sites excluding steroid dienone is 2. The second-order valence-corrected chi connectivity index (χ2v) is 12.8. The molecule has 8 nitrogen and oxygen atoms in total. The van der Waals surface area contributed by atoms with Gasteiger partial charge in [-0.2, -0.15) is 0 Å². The van der Waals surface area contributed by atoms with Gasteiger partial charge in [-0.05, 0) is 43.5 Å². The number of halogens is 1. The van der Waals surface area contributed by atoms with Gasteiger partial charge in [0.05, 0.1) is 35.1 Å². The first-order chi connectivity index (χ1) is 17.2. The van der Waals surface area contributed by atoms with Gasteiger partial charge in [0.1, 0.15) is 10.5 Å². The number of nitrogens with one attached hydrogen (secondary N) is 1. The van der Waals surface area contributed by atoms with Crippen molar-refractivity contribution in [1.29, 1.82) is 0 Å². The van der Waals surface area contributed by atoms with Gasteiger partial charge in [0.15, 0.2) is 5.78 Å². The number of alkyl halides is 1. The lowest BCUT2D eigenvalue weighted by atomic mass is 9.60. The van der Waals surface area contributed by atoms with Gasteiger partial charge in [0, 0.05) is 29.3 Å². The van der Waals surface area contributed by atoms with Crippen molar-refractivity contribution in [3.63, 3.8) is 0 Å². The van der Waals surface area contributed by atoms with Crippen LogP contribution in [0.3, 0.4) is 0 Å². The van der Waals surface area contributed by atoms with Gasteiger partial charge in [-0.25, -0.2) is 12.4 Å². The monoisotopic (exact) mass is 567 g/mol. The molecular formula is C26H22BrN3O5S. The first-order valence-corrected chi connectivity index (χ1v) is 14.2. The minimum atomic E-state index is -4.01. The maximum absolute atomic E-state index is 14.1. The van der Waals surface area contributed by atoms with Gasteiger partial charge in [-0.3, -0.25) is 14.6 Å². The lowest BCUT2D eigenvalue weighted by Crippen LogP contribution is -2.62. The van der Waals surface area contributed by atoms with Gasteiger partial charge in [-0.1, -0.05) is 39.7 Å². The number of ketones is 2. The Balaban J connectivity index is 1.47. The molecule has 0 amide bonds. The summed E-state index contributed by atoms with van der Waals surface area (Å²) < 4.78 is 34.8. The number of hydrogen-bond acceptors (Lipinski definition) is 7. The standard InChI is InChI=1S/C26H22BrN3O5S/c1-13-2-4-16(5-3-13)36(33,34)30-11-14-7-9-28-21-18(14)23(30)24(32)22-19(21)26-8-6-17(31)20(27)25(26)35-12-15(10-26)29-22/h2-6,8,11,15,20,25,29H,7,9-10,12H2,1H3/t15-,20-,25-,26-/m0/s1. The number of fused-ring (bicyclic) bond motifs is 2. The number of ether oxygens (including phenoxy) is 1. The van der Waals surface area contributed by atoms with Gasteiger partial charge in [0.25, 0.3) is 10.0 Å². The molecule has 5 aliphatic rings. The van der Waals surface area contributed by atoms with E-state index in [0.29, 0.717) is 48.5 Å². The van der Waals surface area contributed by atoms with Crippen molar-refractivity contribution in [1.82, 2.24) is 9.29 Å². The van der Waals surface area contributed by atoms with E-state index < -0.39 is 26.4 Å². The van der Waals surface area contributed by atoms with Crippen molar-refractivity contribution < 1.29 is 22.7 Å². The predicted molar refractivity (Wildman–Crippen MR) is 135 cm³/mol. The molecule has 0 saturated carbocycles. The highest BCUT2D eigenvalue weighted by atomic mass is 79.9. The van der Waals surface area contributed by atoms with Crippen molar-refractivity contribution in [2.75, 3.05) is 13.2 Å². The summed E-state index contributed by atoms with van der Waals surface area (Å²) in [6.07, 6.45) is 5.72. The van der Waals surface area contributed by atoms with Crippen LogP contribution < -0.4 is 5.32 Å². The molecular weight excluding hydrogens is 546 g/mol. The molecule has 0 radical (unpaired) electrons. The minimum absolute atomic E-state index is 0.0748. The van der Waals surface area contributed by atoms with E-state index in [1.807, 2.05) is 13.0 Å². The fourth-order valence-electron chi connectivity index (χ4n) is 6.28. The van der Waals surface area contributed by atoms with E-state index in [1.54, 1.807) is 36.5 Å². The number of aryl methyl sites for hydroxylation is 1. The van der Waals surface area contributed by atoms with E-state index >= 15 is 0 Å². The Morgan fingerprint density at radius 3 is 2.78 bits per heavy atom. The van der Waals surface area contributed by atoms with E-state index in [2.05, 4.69) is 21.2 Å². The predicted octanol–water partition coefficient (Wildman–Crippen LogP) is 2.48. The molecule has 184 valence electrons. The van der Waals surface area contributed by atoms with E-state index in [1.165, 1.54) is 0 Å². The Labute approximate surface area is 216 Å². The molecule has 3 aliphatic heterocycles. The number of carbonyl (C=O) groups excluding carboxylic acids is 2. The number of hydrogen-bond donors (Lipinski definition) is 1. The van der Waals surface area contributed by atoms with E-state index in [9.17, 15) is 18.0 Å². The Hall–Kier alpha value is -2.82. The van der Waals surface area contributed by atoms with Crippen LogP contribution in [0.25, 0.3) is 0 Å². The quantitative estimate of drug-likeness (QED) is 0.559. The second-order valence-electron chi connectivity index (χ2n) is 10.0. The van der Waals surface area contributed by atoms with Crippen molar-refractivity contribution in [3.05, 3.63) is 76.3 Å². The summed E-state index contributed by atoms with van der Waals surface area (Å²) in [5.74, 6) is -0.446. The number of benzene rings is 1. The fourth-order valence-corrected chi connectivity index (χ4v) is 8.45. The Bertz CT molecular complexity index is 1580. The topological polar surface area (TPSA) is 107 Å². The van der Waals surface area contributed by atoms with Gasteiger partial charge < -0.3 is 10.1 Å². The van der Waals surface area contributed by atoms with Gasteiger partial charge in [-0.15, -0.1) is 0 Å².